The van der Waals surface area contributed by atoms with E-state index < -0.39 is 0 Å². The van der Waals surface area contributed by atoms with Gasteiger partial charge in [0.25, 0.3) is 0 Å². The highest BCUT2D eigenvalue weighted by Gasteiger charge is 2.15. The highest BCUT2D eigenvalue weighted by molar-refractivity contribution is 7.99. The molecule has 2 N–H and O–H groups in total. The number of rotatable bonds is 7. The van der Waals surface area contributed by atoms with Crippen molar-refractivity contribution in [3.8, 4) is 17.2 Å². The normalized spacial score (nSPS) is 10.7. The number of methoxy groups -OCH3 is 3. The summed E-state index contributed by atoms with van der Waals surface area (Å²) in [7, 11) is 4.55. The third-order valence-corrected chi connectivity index (χ3v) is 4.65. The number of carbonyl (C=O) groups is 1. The Labute approximate surface area is 164 Å². The molecule has 0 unspecified atom stereocenters. The van der Waals surface area contributed by atoms with Crippen molar-refractivity contribution in [2.24, 2.45) is 0 Å². The number of benzene rings is 1. The molecule has 1 amide bonds. The van der Waals surface area contributed by atoms with Gasteiger partial charge in [-0.2, -0.15) is 0 Å². The van der Waals surface area contributed by atoms with Gasteiger partial charge in [-0.1, -0.05) is 23.4 Å². The second-order valence-electron chi connectivity index (χ2n) is 5.32. The molecule has 0 spiro atoms. The van der Waals surface area contributed by atoms with E-state index >= 15 is 0 Å². The molecule has 3 rings (SSSR count). The zero-order valence-electron chi connectivity index (χ0n) is 14.8. The molecule has 2 aromatic heterocycles. The summed E-state index contributed by atoms with van der Waals surface area (Å²) >= 11 is 7.16. The minimum atomic E-state index is -0.208. The lowest BCUT2D eigenvalue weighted by atomic mass is 10.2. The zero-order valence-corrected chi connectivity index (χ0v) is 16.4. The molecule has 0 radical (unpaired) electrons. The van der Waals surface area contributed by atoms with Gasteiger partial charge in [0.1, 0.15) is 0 Å². The van der Waals surface area contributed by atoms with Crippen molar-refractivity contribution in [2.45, 2.75) is 5.16 Å². The summed E-state index contributed by atoms with van der Waals surface area (Å²) in [6.45, 7) is 0. The van der Waals surface area contributed by atoms with Crippen molar-refractivity contribution in [1.29, 1.82) is 0 Å². The zero-order chi connectivity index (χ0) is 19.4. The molecule has 27 heavy (non-hydrogen) atoms. The minimum Gasteiger partial charge on any atom is -0.493 e. The molecule has 142 valence electrons. The smallest absolute Gasteiger partial charge is 0.234 e. The second kappa shape index (κ2) is 8.36. The number of aromatic amines is 1. The molecular formula is C17H17ClN4O4S. The van der Waals surface area contributed by atoms with Crippen LogP contribution in [0.5, 0.6) is 17.2 Å². The number of thioether (sulfide) groups is 1. The van der Waals surface area contributed by atoms with Crippen LogP contribution in [0.15, 0.2) is 29.6 Å². The number of aromatic nitrogens is 3. The highest BCUT2D eigenvalue weighted by atomic mass is 35.5. The van der Waals surface area contributed by atoms with Gasteiger partial charge >= 0.3 is 0 Å². The Morgan fingerprint density at radius 2 is 1.89 bits per heavy atom. The van der Waals surface area contributed by atoms with Crippen LogP contribution < -0.4 is 19.5 Å². The number of carbonyl (C=O) groups excluding carboxylic acids is 1. The average molecular weight is 409 g/mol. The molecule has 8 nitrogen and oxygen atoms in total. The van der Waals surface area contributed by atoms with Crippen molar-refractivity contribution in [3.05, 3.63) is 29.4 Å². The van der Waals surface area contributed by atoms with E-state index in [-0.39, 0.29) is 11.7 Å². The Bertz CT molecular complexity index is 954. The summed E-state index contributed by atoms with van der Waals surface area (Å²) in [5.41, 5.74) is 1.80. The van der Waals surface area contributed by atoms with E-state index in [4.69, 9.17) is 25.8 Å². The Hall–Kier alpha value is -2.65. The fraction of sp³-hybridized carbons (Fsp3) is 0.235. The van der Waals surface area contributed by atoms with Crippen LogP contribution in [-0.4, -0.2) is 47.9 Å². The van der Waals surface area contributed by atoms with Crippen molar-refractivity contribution >= 4 is 46.1 Å². The number of H-pyrrole nitrogens is 1. The SMILES string of the molecule is COc1cc(NC(=O)CSc2nc3ncc(Cl)cc3[nH]2)cc(OC)c1OC. The number of nitrogens with zero attached hydrogens (tertiary/aromatic N) is 2. The molecule has 0 bridgehead atoms. The van der Waals surface area contributed by atoms with Gasteiger partial charge in [-0.25, -0.2) is 9.97 Å². The van der Waals surface area contributed by atoms with Gasteiger partial charge in [0.2, 0.25) is 11.7 Å². The van der Waals surface area contributed by atoms with Crippen LogP contribution >= 0.6 is 23.4 Å². The maximum absolute atomic E-state index is 12.3. The van der Waals surface area contributed by atoms with Crippen LogP contribution in [0, 0.1) is 0 Å². The second-order valence-corrected chi connectivity index (χ2v) is 6.72. The highest BCUT2D eigenvalue weighted by Crippen LogP contribution is 2.40. The van der Waals surface area contributed by atoms with E-state index in [0.29, 0.717) is 38.8 Å². The van der Waals surface area contributed by atoms with Crippen LogP contribution in [0.1, 0.15) is 0 Å². The predicted octanol–water partition coefficient (Wildman–Crippen LogP) is 3.37. The molecule has 0 atom stereocenters. The summed E-state index contributed by atoms with van der Waals surface area (Å²) < 4.78 is 15.8. The van der Waals surface area contributed by atoms with E-state index in [1.807, 2.05) is 0 Å². The van der Waals surface area contributed by atoms with Crippen molar-refractivity contribution in [1.82, 2.24) is 15.0 Å². The molecule has 3 aromatic rings. The fourth-order valence-electron chi connectivity index (χ4n) is 2.41. The monoisotopic (exact) mass is 408 g/mol. The van der Waals surface area contributed by atoms with Gasteiger partial charge in [-0.05, 0) is 6.07 Å². The summed E-state index contributed by atoms with van der Waals surface area (Å²) in [4.78, 5) is 23.8. The molecule has 0 aliphatic rings. The maximum atomic E-state index is 12.3. The Morgan fingerprint density at radius 3 is 2.52 bits per heavy atom. The van der Waals surface area contributed by atoms with Crippen LogP contribution in [0.4, 0.5) is 5.69 Å². The third kappa shape index (κ3) is 4.37. The van der Waals surface area contributed by atoms with Gasteiger partial charge in [0, 0.05) is 24.0 Å². The van der Waals surface area contributed by atoms with E-state index in [1.54, 1.807) is 18.2 Å². The summed E-state index contributed by atoms with van der Waals surface area (Å²) in [5.74, 6) is 1.33. The first-order valence-electron chi connectivity index (χ1n) is 7.78. The van der Waals surface area contributed by atoms with Crippen molar-refractivity contribution < 1.29 is 19.0 Å². The van der Waals surface area contributed by atoms with Crippen LogP contribution in [0.25, 0.3) is 11.2 Å². The van der Waals surface area contributed by atoms with Crippen LogP contribution in [0.3, 0.4) is 0 Å². The van der Waals surface area contributed by atoms with E-state index in [1.165, 1.54) is 39.3 Å². The Kier molecular flexibility index (Phi) is 5.92. The summed E-state index contributed by atoms with van der Waals surface area (Å²) in [6, 6.07) is 5.06. The van der Waals surface area contributed by atoms with Gasteiger partial charge in [-0.3, -0.25) is 4.79 Å². The van der Waals surface area contributed by atoms with Gasteiger partial charge in [0.15, 0.2) is 22.3 Å². The Morgan fingerprint density at radius 1 is 1.19 bits per heavy atom. The molecule has 0 aliphatic carbocycles. The number of fused-ring (bicyclic) bond motifs is 1. The topological polar surface area (TPSA) is 98.4 Å². The molecule has 10 heteroatoms. The first kappa shape index (κ1) is 19.1. The van der Waals surface area contributed by atoms with E-state index in [2.05, 4.69) is 20.3 Å². The number of imidazole rings is 1. The Balaban J connectivity index is 1.68. The molecule has 2 heterocycles. The number of hydrogen-bond acceptors (Lipinski definition) is 7. The number of nitrogens with one attached hydrogen (secondary N) is 2. The lowest BCUT2D eigenvalue weighted by Crippen LogP contribution is -2.14. The number of pyridine rings is 1. The fourth-order valence-corrected chi connectivity index (χ4v) is 3.24. The third-order valence-electron chi connectivity index (χ3n) is 3.57. The van der Waals surface area contributed by atoms with E-state index in [9.17, 15) is 4.79 Å². The lowest BCUT2D eigenvalue weighted by Gasteiger charge is -2.14. The molecule has 0 saturated carbocycles. The van der Waals surface area contributed by atoms with Crippen molar-refractivity contribution in [2.75, 3.05) is 32.4 Å². The molecular weight excluding hydrogens is 392 g/mol. The first-order valence-corrected chi connectivity index (χ1v) is 9.14. The number of halogens is 1. The molecule has 0 fully saturated rings. The largest absolute Gasteiger partial charge is 0.493 e. The molecule has 0 aliphatic heterocycles. The van der Waals surface area contributed by atoms with Crippen LogP contribution in [-0.2, 0) is 4.79 Å². The summed E-state index contributed by atoms with van der Waals surface area (Å²) in [5, 5.41) is 3.90. The standard InChI is InChI=1S/C17H17ClN4O4S/c1-24-12-5-10(6-13(25-2)15(12)26-3)20-14(23)8-27-17-21-11-4-9(18)7-19-16(11)22-17/h4-7H,8H2,1-3H3,(H,20,23)(H,19,21,22). The number of hydrogen-bond donors (Lipinski definition) is 2. The first-order chi connectivity index (χ1) is 13.0. The van der Waals surface area contributed by atoms with Gasteiger partial charge in [0.05, 0.1) is 37.6 Å². The number of amides is 1. The van der Waals surface area contributed by atoms with Crippen molar-refractivity contribution in [3.63, 3.8) is 0 Å². The summed E-state index contributed by atoms with van der Waals surface area (Å²) in [6.07, 6.45) is 1.52. The van der Waals surface area contributed by atoms with Gasteiger partial charge in [-0.15, -0.1) is 0 Å². The quantitative estimate of drug-likeness (QED) is 0.578. The van der Waals surface area contributed by atoms with E-state index in [0.717, 1.165) is 5.52 Å². The average Bonchev–Trinajstić information content (AvgIpc) is 3.07. The number of anilines is 1. The lowest BCUT2D eigenvalue weighted by molar-refractivity contribution is -0.113. The molecule has 0 saturated heterocycles. The number of ether oxygens (including phenoxy) is 3. The van der Waals surface area contributed by atoms with Crippen LogP contribution in [0.2, 0.25) is 5.02 Å². The van der Waals surface area contributed by atoms with Gasteiger partial charge < -0.3 is 24.5 Å². The predicted molar refractivity (Wildman–Crippen MR) is 104 cm³/mol. The maximum Gasteiger partial charge on any atom is 0.234 e. The molecule has 1 aromatic carbocycles. The minimum absolute atomic E-state index is 0.157.